The maximum atomic E-state index is 11.8. The van der Waals surface area contributed by atoms with Crippen LogP contribution in [0.5, 0.6) is 0 Å². The first-order chi connectivity index (χ1) is 9.43. The van der Waals surface area contributed by atoms with Crippen molar-refractivity contribution in [1.29, 1.82) is 0 Å². The van der Waals surface area contributed by atoms with Crippen molar-refractivity contribution in [2.75, 3.05) is 0 Å². The highest BCUT2D eigenvalue weighted by Gasteiger charge is 2.34. The summed E-state index contributed by atoms with van der Waals surface area (Å²) in [5.41, 5.74) is 13.6. The molecular formula is C14H16N4O2. The molecule has 20 heavy (non-hydrogen) atoms. The Bertz CT molecular complexity index is 596. The predicted octanol–water partition coefficient (Wildman–Crippen LogP) is 0.287. The first-order valence-corrected chi connectivity index (χ1v) is 6.11. The number of nitrogens with two attached hydrogens (primary N) is 2. The summed E-state index contributed by atoms with van der Waals surface area (Å²) in [6.07, 6.45) is 3.19. The first kappa shape index (κ1) is 13.8. The minimum atomic E-state index is -0.580. The molecule has 0 radical (unpaired) electrons. The van der Waals surface area contributed by atoms with Gasteiger partial charge in [-0.2, -0.15) is 0 Å². The maximum Gasteiger partial charge on any atom is 0.247 e. The van der Waals surface area contributed by atoms with Gasteiger partial charge in [-0.25, -0.2) is 0 Å². The second-order valence-electron chi connectivity index (χ2n) is 4.64. The maximum absolute atomic E-state index is 11.8. The van der Waals surface area contributed by atoms with E-state index in [-0.39, 0.29) is 0 Å². The number of carbonyl (C=O) groups excluding carboxylic acids is 2. The van der Waals surface area contributed by atoms with Crippen molar-refractivity contribution in [2.45, 2.75) is 19.8 Å². The summed E-state index contributed by atoms with van der Waals surface area (Å²) >= 11 is 0. The van der Waals surface area contributed by atoms with Gasteiger partial charge < -0.3 is 16.8 Å². The average Bonchev–Trinajstić information content (AvgIpc) is 2.37. The number of hydrogen-bond acceptors (Lipinski definition) is 4. The smallest absolute Gasteiger partial charge is 0.247 e. The lowest BCUT2D eigenvalue weighted by Gasteiger charge is -2.29. The molecule has 5 N–H and O–H groups in total. The number of pyridine rings is 1. The minimum Gasteiger partial charge on any atom is -0.366 e. The fraction of sp³-hybridized carbons (Fsp3) is 0.214. The molecule has 6 nitrogen and oxygen atoms in total. The Hall–Kier alpha value is -2.63. The fourth-order valence-corrected chi connectivity index (χ4v) is 2.54. The van der Waals surface area contributed by atoms with Gasteiger partial charge in [-0.15, -0.1) is 0 Å². The molecule has 1 aliphatic rings. The Morgan fingerprint density at radius 3 is 1.90 bits per heavy atom. The molecule has 6 heteroatoms. The summed E-state index contributed by atoms with van der Waals surface area (Å²) in [4.78, 5) is 27.5. The van der Waals surface area contributed by atoms with Crippen molar-refractivity contribution in [1.82, 2.24) is 10.3 Å². The summed E-state index contributed by atoms with van der Waals surface area (Å²) in [6.45, 7) is 3.49. The molecule has 0 aromatic carbocycles. The van der Waals surface area contributed by atoms with Crippen LogP contribution in [0.2, 0.25) is 0 Å². The molecule has 0 atom stereocenters. The van der Waals surface area contributed by atoms with E-state index in [9.17, 15) is 9.59 Å². The van der Waals surface area contributed by atoms with E-state index in [1.165, 1.54) is 0 Å². The molecule has 0 saturated carbocycles. The van der Waals surface area contributed by atoms with Crippen LogP contribution < -0.4 is 16.8 Å². The van der Waals surface area contributed by atoms with E-state index < -0.39 is 17.7 Å². The van der Waals surface area contributed by atoms with Gasteiger partial charge in [0, 0.05) is 40.9 Å². The molecule has 2 amide bonds. The van der Waals surface area contributed by atoms with E-state index in [1.54, 1.807) is 38.4 Å². The molecule has 0 aliphatic carbocycles. The molecule has 0 bridgehead atoms. The van der Waals surface area contributed by atoms with Crippen LogP contribution in [0.4, 0.5) is 0 Å². The lowest BCUT2D eigenvalue weighted by Crippen LogP contribution is -2.35. The van der Waals surface area contributed by atoms with Gasteiger partial charge in [-0.1, -0.05) is 0 Å². The molecule has 2 heterocycles. The average molecular weight is 272 g/mol. The van der Waals surface area contributed by atoms with Gasteiger partial charge in [0.05, 0.1) is 0 Å². The second-order valence-corrected chi connectivity index (χ2v) is 4.64. The van der Waals surface area contributed by atoms with E-state index >= 15 is 0 Å². The molecule has 2 rings (SSSR count). The second kappa shape index (κ2) is 5.16. The number of allylic oxidation sites excluding steroid dienone is 2. The largest absolute Gasteiger partial charge is 0.366 e. The molecule has 0 unspecified atom stereocenters. The van der Waals surface area contributed by atoms with Gasteiger partial charge in [-0.05, 0) is 31.5 Å². The molecule has 0 fully saturated rings. The number of aromatic nitrogens is 1. The van der Waals surface area contributed by atoms with E-state index in [1.807, 2.05) is 0 Å². The summed E-state index contributed by atoms with van der Waals surface area (Å²) in [6, 6.07) is 3.48. The number of hydrogen-bond donors (Lipinski definition) is 3. The summed E-state index contributed by atoms with van der Waals surface area (Å²) < 4.78 is 0. The SMILES string of the molecule is CC1=C(C(N)=O)C(c2ccncc2)C(C(N)=O)=C(C)N1. The summed E-state index contributed by atoms with van der Waals surface area (Å²) in [5, 5.41) is 2.98. The number of carbonyl (C=O) groups is 2. The molecular weight excluding hydrogens is 256 g/mol. The van der Waals surface area contributed by atoms with Gasteiger partial charge in [0.2, 0.25) is 11.8 Å². The highest BCUT2D eigenvalue weighted by atomic mass is 16.1. The lowest BCUT2D eigenvalue weighted by molar-refractivity contribution is -0.115. The molecule has 1 aliphatic heterocycles. The quantitative estimate of drug-likeness (QED) is 0.734. The van der Waals surface area contributed by atoms with Crippen LogP contribution in [-0.2, 0) is 9.59 Å². The number of nitrogens with one attached hydrogen (secondary N) is 1. The Morgan fingerprint density at radius 2 is 1.50 bits per heavy atom. The highest BCUT2D eigenvalue weighted by Crippen LogP contribution is 2.37. The predicted molar refractivity (Wildman–Crippen MR) is 73.9 cm³/mol. The Labute approximate surface area is 116 Å². The lowest BCUT2D eigenvalue weighted by atomic mass is 9.80. The van der Waals surface area contributed by atoms with Crippen LogP contribution in [-0.4, -0.2) is 16.8 Å². The van der Waals surface area contributed by atoms with Crippen LogP contribution in [0.3, 0.4) is 0 Å². The number of dihydropyridines is 1. The van der Waals surface area contributed by atoms with E-state index in [2.05, 4.69) is 10.3 Å². The van der Waals surface area contributed by atoms with Crippen molar-refractivity contribution in [3.05, 3.63) is 52.6 Å². The van der Waals surface area contributed by atoms with Gasteiger partial charge in [0.25, 0.3) is 0 Å². The highest BCUT2D eigenvalue weighted by molar-refractivity contribution is 6.02. The van der Waals surface area contributed by atoms with Crippen LogP contribution in [0.1, 0.15) is 25.3 Å². The van der Waals surface area contributed by atoms with Crippen LogP contribution >= 0.6 is 0 Å². The fourth-order valence-electron chi connectivity index (χ4n) is 2.54. The van der Waals surface area contributed by atoms with Crippen molar-refractivity contribution in [3.8, 4) is 0 Å². The van der Waals surface area contributed by atoms with E-state index in [0.29, 0.717) is 22.5 Å². The van der Waals surface area contributed by atoms with E-state index in [4.69, 9.17) is 11.5 Å². The summed E-state index contributed by atoms with van der Waals surface area (Å²) in [5.74, 6) is -1.72. The van der Waals surface area contributed by atoms with Crippen molar-refractivity contribution in [3.63, 3.8) is 0 Å². The normalized spacial score (nSPS) is 16.1. The Morgan fingerprint density at radius 1 is 1.05 bits per heavy atom. The van der Waals surface area contributed by atoms with Crippen LogP contribution in [0, 0.1) is 0 Å². The number of amides is 2. The monoisotopic (exact) mass is 272 g/mol. The van der Waals surface area contributed by atoms with Crippen molar-refractivity contribution >= 4 is 11.8 Å². The van der Waals surface area contributed by atoms with Gasteiger partial charge in [0.1, 0.15) is 0 Å². The van der Waals surface area contributed by atoms with Crippen molar-refractivity contribution < 1.29 is 9.59 Å². The molecule has 1 aromatic heterocycles. The summed E-state index contributed by atoms with van der Waals surface area (Å²) in [7, 11) is 0. The van der Waals surface area contributed by atoms with Gasteiger partial charge in [-0.3, -0.25) is 14.6 Å². The first-order valence-electron chi connectivity index (χ1n) is 6.11. The van der Waals surface area contributed by atoms with Crippen LogP contribution in [0.25, 0.3) is 0 Å². The standard InChI is InChI=1S/C14H16N4O2/c1-7-10(13(15)19)12(9-3-5-17-6-4-9)11(14(16)20)8(2)18-7/h3-6,12,18H,1-2H3,(H2,15,19)(H2,16,20). The third-order valence-corrected chi connectivity index (χ3v) is 3.33. The number of primary amides is 2. The molecule has 0 spiro atoms. The topological polar surface area (TPSA) is 111 Å². The third-order valence-electron chi connectivity index (χ3n) is 3.33. The molecule has 104 valence electrons. The zero-order valence-electron chi connectivity index (χ0n) is 11.3. The zero-order chi connectivity index (χ0) is 14.9. The number of nitrogens with zero attached hydrogens (tertiary/aromatic N) is 1. The third kappa shape index (κ3) is 2.27. The van der Waals surface area contributed by atoms with E-state index in [0.717, 1.165) is 5.56 Å². The van der Waals surface area contributed by atoms with Crippen molar-refractivity contribution in [2.24, 2.45) is 11.5 Å². The number of rotatable bonds is 3. The minimum absolute atomic E-state index is 0.343. The van der Waals surface area contributed by atoms with Gasteiger partial charge in [0.15, 0.2) is 0 Å². The Kier molecular flexibility index (Phi) is 3.56. The molecule has 0 saturated heterocycles. The van der Waals surface area contributed by atoms with Crippen LogP contribution in [0.15, 0.2) is 47.1 Å². The Balaban J connectivity index is 2.67. The van der Waals surface area contributed by atoms with Gasteiger partial charge >= 0.3 is 0 Å². The zero-order valence-corrected chi connectivity index (χ0v) is 11.3. The molecule has 1 aromatic rings.